The van der Waals surface area contributed by atoms with E-state index in [0.29, 0.717) is 12.2 Å². The molecule has 1 amide bonds. The van der Waals surface area contributed by atoms with Gasteiger partial charge in [0, 0.05) is 6.54 Å². The van der Waals surface area contributed by atoms with E-state index in [1.807, 2.05) is 6.92 Å². The number of amides is 1. The molecule has 0 aromatic heterocycles. The smallest absolute Gasteiger partial charge is 0.422 e. The number of hydrogen-bond donors (Lipinski definition) is 3. The highest BCUT2D eigenvalue weighted by molar-refractivity contribution is 7.91. The molecule has 0 fully saturated rings. The Labute approximate surface area is 118 Å². The first-order valence-corrected chi connectivity index (χ1v) is 7.72. The minimum absolute atomic E-state index is 0.0977. The Kier molecular flexibility index (Phi) is 6.26. The topological polar surface area (TPSA) is 96.5 Å². The first-order chi connectivity index (χ1) is 9.46. The molecule has 0 spiro atoms. The van der Waals surface area contributed by atoms with Crippen molar-refractivity contribution in [1.82, 2.24) is 10.0 Å². The van der Waals surface area contributed by atoms with Gasteiger partial charge >= 0.3 is 16.3 Å². The van der Waals surface area contributed by atoms with Crippen LogP contribution in [0.15, 0.2) is 24.3 Å². The fourth-order valence-corrected chi connectivity index (χ4v) is 2.19. The lowest BCUT2D eigenvalue weighted by Gasteiger charge is -2.09. The van der Waals surface area contributed by atoms with E-state index < -0.39 is 16.3 Å². The summed E-state index contributed by atoms with van der Waals surface area (Å²) in [4.78, 5) is 11.1. The quantitative estimate of drug-likeness (QED) is 0.703. The standard InChI is InChI=1S/C12H19N3O4S/c1-3-13-9-10-5-7-11(8-6-10)14-20(17,18)15-12(16)19-4-2/h5-8,13-14H,3-4,9H2,1-2H3,(H,15,16). The molecule has 1 aromatic carbocycles. The third kappa shape index (κ3) is 5.89. The molecule has 0 radical (unpaired) electrons. The second-order valence-electron chi connectivity index (χ2n) is 3.91. The molecule has 1 rings (SSSR count). The molecule has 3 N–H and O–H groups in total. The van der Waals surface area contributed by atoms with Crippen LogP contribution in [0, 0.1) is 0 Å². The first-order valence-electron chi connectivity index (χ1n) is 6.23. The summed E-state index contributed by atoms with van der Waals surface area (Å²) in [6.45, 7) is 5.26. The second kappa shape index (κ2) is 7.71. The van der Waals surface area contributed by atoms with Gasteiger partial charge in [-0.25, -0.2) is 9.52 Å². The van der Waals surface area contributed by atoms with Crippen molar-refractivity contribution < 1.29 is 17.9 Å². The maximum atomic E-state index is 11.6. The highest BCUT2D eigenvalue weighted by atomic mass is 32.2. The van der Waals surface area contributed by atoms with Gasteiger partial charge in [-0.15, -0.1) is 0 Å². The van der Waals surface area contributed by atoms with Crippen LogP contribution in [0.3, 0.4) is 0 Å². The van der Waals surface area contributed by atoms with E-state index in [4.69, 9.17) is 0 Å². The zero-order valence-corrected chi connectivity index (χ0v) is 12.3. The number of ether oxygens (including phenoxy) is 1. The number of anilines is 1. The van der Waals surface area contributed by atoms with Crippen molar-refractivity contribution in [2.24, 2.45) is 0 Å². The van der Waals surface area contributed by atoms with Gasteiger partial charge in [-0.05, 0) is 31.2 Å². The van der Waals surface area contributed by atoms with Gasteiger partial charge in [-0.2, -0.15) is 8.42 Å². The largest absolute Gasteiger partial charge is 0.449 e. The third-order valence-electron chi connectivity index (χ3n) is 2.28. The molecule has 1 aromatic rings. The van der Waals surface area contributed by atoms with Crippen LogP contribution < -0.4 is 14.8 Å². The van der Waals surface area contributed by atoms with E-state index in [9.17, 15) is 13.2 Å². The van der Waals surface area contributed by atoms with Crippen molar-refractivity contribution in [2.75, 3.05) is 17.9 Å². The average Bonchev–Trinajstić information content (AvgIpc) is 2.37. The minimum atomic E-state index is -3.98. The maximum Gasteiger partial charge on any atom is 0.422 e. The van der Waals surface area contributed by atoms with Gasteiger partial charge in [0.1, 0.15) is 0 Å². The summed E-state index contributed by atoms with van der Waals surface area (Å²) in [5.41, 5.74) is 1.40. The summed E-state index contributed by atoms with van der Waals surface area (Å²) in [5.74, 6) is 0. The predicted molar refractivity (Wildman–Crippen MR) is 76.5 cm³/mol. The van der Waals surface area contributed by atoms with Crippen molar-refractivity contribution in [3.05, 3.63) is 29.8 Å². The summed E-state index contributed by atoms with van der Waals surface area (Å²) in [5, 5.41) is 3.16. The van der Waals surface area contributed by atoms with Crippen LogP contribution >= 0.6 is 0 Å². The zero-order chi connectivity index (χ0) is 15.0. The Morgan fingerprint density at radius 3 is 2.40 bits per heavy atom. The predicted octanol–water partition coefficient (Wildman–Crippen LogP) is 1.20. The van der Waals surface area contributed by atoms with Crippen LogP contribution in [0.25, 0.3) is 0 Å². The van der Waals surface area contributed by atoms with Gasteiger partial charge in [0.15, 0.2) is 0 Å². The number of benzene rings is 1. The van der Waals surface area contributed by atoms with Crippen molar-refractivity contribution in [1.29, 1.82) is 0 Å². The highest BCUT2D eigenvalue weighted by Gasteiger charge is 2.14. The molecular formula is C12H19N3O4S. The van der Waals surface area contributed by atoms with Gasteiger partial charge < -0.3 is 10.1 Å². The van der Waals surface area contributed by atoms with E-state index in [1.165, 1.54) is 0 Å². The highest BCUT2D eigenvalue weighted by Crippen LogP contribution is 2.10. The van der Waals surface area contributed by atoms with E-state index in [1.54, 1.807) is 35.9 Å². The molecule has 7 nitrogen and oxygen atoms in total. The molecule has 0 saturated heterocycles. The summed E-state index contributed by atoms with van der Waals surface area (Å²) >= 11 is 0. The monoisotopic (exact) mass is 301 g/mol. The van der Waals surface area contributed by atoms with E-state index in [-0.39, 0.29) is 6.61 Å². The van der Waals surface area contributed by atoms with Crippen molar-refractivity contribution in [2.45, 2.75) is 20.4 Å². The second-order valence-corrected chi connectivity index (χ2v) is 5.32. The maximum absolute atomic E-state index is 11.6. The number of hydrogen-bond acceptors (Lipinski definition) is 5. The van der Waals surface area contributed by atoms with Gasteiger partial charge in [0.2, 0.25) is 0 Å². The van der Waals surface area contributed by atoms with E-state index >= 15 is 0 Å². The Morgan fingerprint density at radius 1 is 1.20 bits per heavy atom. The van der Waals surface area contributed by atoms with Gasteiger partial charge in [0.25, 0.3) is 0 Å². The normalized spacial score (nSPS) is 10.9. The van der Waals surface area contributed by atoms with E-state index in [0.717, 1.165) is 12.1 Å². The number of carbonyl (C=O) groups excluding carboxylic acids is 1. The summed E-state index contributed by atoms with van der Waals surface area (Å²) in [7, 11) is -3.98. The first kappa shape index (κ1) is 16.3. The molecule has 0 bridgehead atoms. The molecule has 0 saturated carbocycles. The third-order valence-corrected chi connectivity index (χ3v) is 3.22. The van der Waals surface area contributed by atoms with Crippen molar-refractivity contribution >= 4 is 22.0 Å². The lowest BCUT2D eigenvalue weighted by molar-refractivity contribution is 0.159. The summed E-state index contributed by atoms with van der Waals surface area (Å²) in [6, 6.07) is 6.84. The number of rotatable bonds is 7. The Balaban J connectivity index is 2.61. The van der Waals surface area contributed by atoms with Gasteiger partial charge in [-0.3, -0.25) is 4.72 Å². The van der Waals surface area contributed by atoms with Crippen LogP contribution in [0.5, 0.6) is 0 Å². The van der Waals surface area contributed by atoms with Crippen LogP contribution in [-0.4, -0.2) is 27.7 Å². The molecule has 20 heavy (non-hydrogen) atoms. The minimum Gasteiger partial charge on any atom is -0.449 e. The molecular weight excluding hydrogens is 282 g/mol. The molecule has 0 heterocycles. The van der Waals surface area contributed by atoms with Gasteiger partial charge in [-0.1, -0.05) is 19.1 Å². The Bertz CT molecular complexity index is 528. The molecule has 0 aliphatic carbocycles. The summed E-state index contributed by atoms with van der Waals surface area (Å²) in [6.07, 6.45) is -1.01. The number of carbonyl (C=O) groups is 1. The molecule has 112 valence electrons. The van der Waals surface area contributed by atoms with Crippen LogP contribution in [-0.2, 0) is 21.5 Å². The van der Waals surface area contributed by atoms with Crippen LogP contribution in [0.1, 0.15) is 19.4 Å². The number of nitrogens with one attached hydrogen (secondary N) is 3. The Hall–Kier alpha value is -1.80. The summed E-state index contributed by atoms with van der Waals surface area (Å²) < 4.78 is 31.7. The molecule has 0 aliphatic rings. The zero-order valence-electron chi connectivity index (χ0n) is 11.5. The molecule has 0 unspecified atom stereocenters. The molecule has 0 aliphatic heterocycles. The average molecular weight is 301 g/mol. The van der Waals surface area contributed by atoms with Crippen LogP contribution in [0.2, 0.25) is 0 Å². The fraction of sp³-hybridized carbons (Fsp3) is 0.417. The SMILES string of the molecule is CCNCc1ccc(NS(=O)(=O)NC(=O)OCC)cc1. The molecule has 0 atom stereocenters. The van der Waals surface area contributed by atoms with Gasteiger partial charge in [0.05, 0.1) is 12.3 Å². The van der Waals surface area contributed by atoms with Crippen LogP contribution in [0.4, 0.5) is 10.5 Å². The lowest BCUT2D eigenvalue weighted by atomic mass is 10.2. The molecule has 8 heteroatoms. The Morgan fingerprint density at radius 2 is 1.85 bits per heavy atom. The van der Waals surface area contributed by atoms with Crippen molar-refractivity contribution in [3.63, 3.8) is 0 Å². The van der Waals surface area contributed by atoms with Crippen molar-refractivity contribution in [3.8, 4) is 0 Å². The van der Waals surface area contributed by atoms with E-state index in [2.05, 4.69) is 14.8 Å². The lowest BCUT2D eigenvalue weighted by Crippen LogP contribution is -2.35. The fourth-order valence-electron chi connectivity index (χ4n) is 1.41.